The van der Waals surface area contributed by atoms with E-state index in [2.05, 4.69) is 20.6 Å². The molecule has 3 aromatic rings. The lowest BCUT2D eigenvalue weighted by atomic mass is 10.2. The van der Waals surface area contributed by atoms with Gasteiger partial charge >= 0.3 is 0 Å². The lowest BCUT2D eigenvalue weighted by molar-refractivity contribution is 0.102. The van der Waals surface area contributed by atoms with Crippen LogP contribution in [-0.4, -0.2) is 25.9 Å². The third-order valence-electron chi connectivity index (χ3n) is 3.37. The van der Waals surface area contributed by atoms with Crippen LogP contribution in [0.1, 0.15) is 23.0 Å². The fourth-order valence-electron chi connectivity index (χ4n) is 2.28. The number of benzene rings is 1. The molecule has 2 N–H and O–H groups in total. The SMILES string of the molecule is CCc1nn(C)c2n[nH]c(NC(=O)c3ccc(F)c(F)c3)c12. The predicted molar refractivity (Wildman–Crippen MR) is 76.5 cm³/mol. The van der Waals surface area contributed by atoms with Gasteiger partial charge in [-0.15, -0.1) is 0 Å². The summed E-state index contributed by atoms with van der Waals surface area (Å²) in [5, 5.41) is 14.5. The first kappa shape index (κ1) is 14.2. The van der Waals surface area contributed by atoms with Crippen molar-refractivity contribution in [2.24, 2.45) is 7.05 Å². The zero-order chi connectivity index (χ0) is 15.9. The van der Waals surface area contributed by atoms with Gasteiger partial charge < -0.3 is 5.32 Å². The molecule has 0 aliphatic carbocycles. The molecule has 6 nitrogen and oxygen atoms in total. The van der Waals surface area contributed by atoms with Crippen LogP contribution in [0, 0.1) is 11.6 Å². The molecule has 0 saturated carbocycles. The van der Waals surface area contributed by atoms with Gasteiger partial charge in [0.25, 0.3) is 5.91 Å². The minimum atomic E-state index is -1.07. The molecule has 0 radical (unpaired) electrons. The van der Waals surface area contributed by atoms with E-state index in [0.717, 1.165) is 17.8 Å². The highest BCUT2D eigenvalue weighted by molar-refractivity contribution is 6.08. The Morgan fingerprint density at radius 3 is 2.82 bits per heavy atom. The zero-order valence-corrected chi connectivity index (χ0v) is 11.9. The molecule has 0 spiro atoms. The second kappa shape index (κ2) is 5.21. The Labute approximate surface area is 124 Å². The average molecular weight is 305 g/mol. The number of aromatic amines is 1. The van der Waals surface area contributed by atoms with Gasteiger partial charge in [0.1, 0.15) is 5.82 Å². The number of halogens is 2. The molecule has 0 aliphatic heterocycles. The quantitative estimate of drug-likeness (QED) is 0.780. The molecule has 0 saturated heterocycles. The summed E-state index contributed by atoms with van der Waals surface area (Å²) in [4.78, 5) is 12.2. The van der Waals surface area contributed by atoms with Gasteiger partial charge in [0.2, 0.25) is 0 Å². The van der Waals surface area contributed by atoms with E-state index in [1.807, 2.05) is 6.92 Å². The second-order valence-electron chi connectivity index (χ2n) is 4.80. The standard InChI is InChI=1S/C14H13F2N5O/c1-3-10-11-12(18-19-13(11)21(2)20-10)17-14(22)7-4-5-8(15)9(16)6-7/h4-6H,3H2,1-2H3,(H2,17,18,19,22). The highest BCUT2D eigenvalue weighted by Gasteiger charge is 2.18. The minimum absolute atomic E-state index is 0.0172. The van der Waals surface area contributed by atoms with Crippen LogP contribution in [-0.2, 0) is 13.5 Å². The van der Waals surface area contributed by atoms with Crippen molar-refractivity contribution in [2.75, 3.05) is 5.32 Å². The number of hydrogen-bond acceptors (Lipinski definition) is 3. The molecule has 0 bridgehead atoms. The fraction of sp³-hybridized carbons (Fsp3) is 0.214. The van der Waals surface area contributed by atoms with Crippen molar-refractivity contribution in [3.05, 3.63) is 41.1 Å². The molecule has 2 aromatic heterocycles. The molecule has 114 valence electrons. The molecule has 1 amide bonds. The average Bonchev–Trinajstić information content (AvgIpc) is 3.04. The highest BCUT2D eigenvalue weighted by atomic mass is 19.2. The summed E-state index contributed by atoms with van der Waals surface area (Å²) in [5.41, 5.74) is 1.41. The van der Waals surface area contributed by atoms with E-state index < -0.39 is 17.5 Å². The van der Waals surface area contributed by atoms with E-state index in [9.17, 15) is 13.6 Å². The largest absolute Gasteiger partial charge is 0.306 e. The smallest absolute Gasteiger partial charge is 0.256 e. The maximum absolute atomic E-state index is 13.2. The lowest BCUT2D eigenvalue weighted by Gasteiger charge is -2.04. The third-order valence-corrected chi connectivity index (χ3v) is 3.37. The second-order valence-corrected chi connectivity index (χ2v) is 4.80. The van der Waals surface area contributed by atoms with Gasteiger partial charge in [0, 0.05) is 12.6 Å². The summed E-state index contributed by atoms with van der Waals surface area (Å²) in [6.07, 6.45) is 0.672. The number of aryl methyl sites for hydroxylation is 2. The normalized spacial score (nSPS) is 11.1. The molecule has 3 rings (SSSR count). The number of carbonyl (C=O) groups excluding carboxylic acids is 1. The Hall–Kier alpha value is -2.77. The van der Waals surface area contributed by atoms with E-state index in [4.69, 9.17) is 0 Å². The van der Waals surface area contributed by atoms with Crippen LogP contribution in [0.3, 0.4) is 0 Å². The van der Waals surface area contributed by atoms with Crippen LogP contribution in [0.25, 0.3) is 11.0 Å². The summed E-state index contributed by atoms with van der Waals surface area (Å²) >= 11 is 0. The van der Waals surface area contributed by atoms with Gasteiger partial charge in [-0.1, -0.05) is 6.92 Å². The Balaban J connectivity index is 1.95. The number of anilines is 1. The molecule has 0 aliphatic rings. The minimum Gasteiger partial charge on any atom is -0.306 e. The first-order chi connectivity index (χ1) is 10.5. The molecule has 0 atom stereocenters. The van der Waals surface area contributed by atoms with Crippen molar-refractivity contribution >= 4 is 22.8 Å². The van der Waals surface area contributed by atoms with Crippen LogP contribution in [0.4, 0.5) is 14.6 Å². The van der Waals surface area contributed by atoms with E-state index >= 15 is 0 Å². The number of amides is 1. The third kappa shape index (κ3) is 2.22. The van der Waals surface area contributed by atoms with Crippen molar-refractivity contribution in [1.29, 1.82) is 0 Å². The molecular formula is C14H13F2N5O. The lowest BCUT2D eigenvalue weighted by Crippen LogP contribution is -2.13. The Bertz CT molecular complexity index is 868. The van der Waals surface area contributed by atoms with Crippen LogP contribution >= 0.6 is 0 Å². The number of carbonyl (C=O) groups is 1. The Kier molecular flexibility index (Phi) is 3.36. The van der Waals surface area contributed by atoms with Crippen LogP contribution in [0.5, 0.6) is 0 Å². The molecular weight excluding hydrogens is 292 g/mol. The summed E-state index contributed by atoms with van der Waals surface area (Å²) in [7, 11) is 1.75. The monoisotopic (exact) mass is 305 g/mol. The van der Waals surface area contributed by atoms with Crippen molar-refractivity contribution < 1.29 is 13.6 Å². The van der Waals surface area contributed by atoms with Crippen LogP contribution in [0.2, 0.25) is 0 Å². The van der Waals surface area contributed by atoms with Crippen molar-refractivity contribution in [3.63, 3.8) is 0 Å². The van der Waals surface area contributed by atoms with Crippen molar-refractivity contribution in [1.82, 2.24) is 20.0 Å². The van der Waals surface area contributed by atoms with Crippen LogP contribution < -0.4 is 5.32 Å². The number of fused-ring (bicyclic) bond motifs is 1. The topological polar surface area (TPSA) is 75.6 Å². The van der Waals surface area contributed by atoms with Crippen LogP contribution in [0.15, 0.2) is 18.2 Å². The van der Waals surface area contributed by atoms with Crippen molar-refractivity contribution in [3.8, 4) is 0 Å². The molecule has 2 heterocycles. The van der Waals surface area contributed by atoms with Gasteiger partial charge in [-0.25, -0.2) is 13.5 Å². The maximum atomic E-state index is 13.2. The van der Waals surface area contributed by atoms with E-state index in [1.165, 1.54) is 6.07 Å². The van der Waals surface area contributed by atoms with E-state index in [-0.39, 0.29) is 5.56 Å². The maximum Gasteiger partial charge on any atom is 0.256 e. The van der Waals surface area contributed by atoms with Gasteiger partial charge in [-0.3, -0.25) is 9.89 Å². The number of aromatic nitrogens is 4. The molecule has 8 heteroatoms. The number of H-pyrrole nitrogens is 1. The van der Waals surface area contributed by atoms with E-state index in [1.54, 1.807) is 11.7 Å². The van der Waals surface area contributed by atoms with Gasteiger partial charge in [0.05, 0.1) is 11.1 Å². The first-order valence-corrected chi connectivity index (χ1v) is 6.67. The summed E-state index contributed by atoms with van der Waals surface area (Å²) in [6.45, 7) is 1.94. The molecule has 0 fully saturated rings. The molecule has 1 aromatic carbocycles. The fourth-order valence-corrected chi connectivity index (χ4v) is 2.28. The van der Waals surface area contributed by atoms with E-state index in [0.29, 0.717) is 23.3 Å². The number of nitrogens with one attached hydrogen (secondary N) is 2. The zero-order valence-electron chi connectivity index (χ0n) is 11.9. The number of rotatable bonds is 3. The highest BCUT2D eigenvalue weighted by Crippen LogP contribution is 2.24. The van der Waals surface area contributed by atoms with Gasteiger partial charge in [-0.2, -0.15) is 10.2 Å². The Morgan fingerprint density at radius 1 is 1.36 bits per heavy atom. The summed E-state index contributed by atoms with van der Waals surface area (Å²) < 4.78 is 27.7. The first-order valence-electron chi connectivity index (χ1n) is 6.67. The van der Waals surface area contributed by atoms with Gasteiger partial charge in [-0.05, 0) is 24.6 Å². The predicted octanol–water partition coefficient (Wildman–Crippen LogP) is 2.39. The van der Waals surface area contributed by atoms with Gasteiger partial charge in [0.15, 0.2) is 17.3 Å². The molecule has 22 heavy (non-hydrogen) atoms. The summed E-state index contributed by atoms with van der Waals surface area (Å²) in [6, 6.07) is 2.97. The Morgan fingerprint density at radius 2 is 2.14 bits per heavy atom. The molecule has 0 unspecified atom stereocenters. The number of hydrogen-bond donors (Lipinski definition) is 2. The van der Waals surface area contributed by atoms with Crippen molar-refractivity contribution in [2.45, 2.75) is 13.3 Å². The summed E-state index contributed by atoms with van der Waals surface area (Å²) in [5.74, 6) is -2.25. The number of nitrogens with zero attached hydrogens (tertiary/aromatic N) is 3.